The van der Waals surface area contributed by atoms with Crippen molar-refractivity contribution in [2.45, 2.75) is 0 Å². The van der Waals surface area contributed by atoms with Gasteiger partial charge in [-0.2, -0.15) is 0 Å². The van der Waals surface area contributed by atoms with E-state index in [0.717, 1.165) is 17.1 Å². The Morgan fingerprint density at radius 1 is 0.357 bits per heavy atom. The van der Waals surface area contributed by atoms with Crippen molar-refractivity contribution in [1.29, 1.82) is 0 Å². The molecule has 9 aromatic rings. The van der Waals surface area contributed by atoms with Crippen LogP contribution in [0.4, 0.5) is 17.1 Å². The van der Waals surface area contributed by atoms with E-state index in [-0.39, 0.29) is 0 Å². The quantitative estimate of drug-likeness (QED) is 0.197. The van der Waals surface area contributed by atoms with Crippen LogP contribution in [0.1, 0.15) is 0 Å². The van der Waals surface area contributed by atoms with Crippen molar-refractivity contribution in [3.8, 4) is 0 Å². The van der Waals surface area contributed by atoms with E-state index in [1.165, 1.54) is 63.3 Å². The number of rotatable bonds is 3. The molecule has 9 rings (SSSR count). The third kappa shape index (κ3) is 3.62. The summed E-state index contributed by atoms with van der Waals surface area (Å²) in [6.45, 7) is 0. The van der Waals surface area contributed by atoms with Gasteiger partial charge in [0.2, 0.25) is 0 Å². The van der Waals surface area contributed by atoms with Crippen LogP contribution in [0.3, 0.4) is 0 Å². The van der Waals surface area contributed by atoms with Gasteiger partial charge in [-0.05, 0) is 80.2 Å². The highest BCUT2D eigenvalue weighted by Crippen LogP contribution is 2.43. The van der Waals surface area contributed by atoms with Crippen LogP contribution in [-0.2, 0) is 0 Å². The lowest BCUT2D eigenvalue weighted by Gasteiger charge is -2.27. The molecule has 0 aliphatic heterocycles. The predicted octanol–water partition coefficient (Wildman–Crippen LogP) is 12.1. The maximum atomic E-state index is 2.40. The van der Waals surface area contributed by atoms with Gasteiger partial charge in [-0.3, -0.25) is 0 Å². The Hall–Kier alpha value is -5.18. The third-order valence-corrected chi connectivity index (χ3v) is 9.77. The first kappa shape index (κ1) is 23.5. The minimum absolute atomic E-state index is 1.15. The fourth-order valence-corrected chi connectivity index (χ4v) is 7.80. The number of fused-ring (bicyclic) bond motifs is 9. The summed E-state index contributed by atoms with van der Waals surface area (Å²) in [6, 6.07) is 55.6. The molecule has 8 aromatic carbocycles. The van der Waals surface area contributed by atoms with Crippen molar-refractivity contribution < 1.29 is 0 Å². The zero-order valence-electron chi connectivity index (χ0n) is 22.8. The maximum Gasteiger partial charge on any atom is 0.0468 e. The number of benzene rings is 8. The first-order valence-corrected chi connectivity index (χ1v) is 15.2. The van der Waals surface area contributed by atoms with Gasteiger partial charge in [-0.15, -0.1) is 11.3 Å². The summed E-state index contributed by atoms with van der Waals surface area (Å²) in [5.41, 5.74) is 3.45. The van der Waals surface area contributed by atoms with Gasteiger partial charge in [-0.1, -0.05) is 109 Å². The molecule has 2 heteroatoms. The van der Waals surface area contributed by atoms with Crippen molar-refractivity contribution in [2.75, 3.05) is 4.90 Å². The van der Waals surface area contributed by atoms with Gasteiger partial charge in [0.05, 0.1) is 0 Å². The van der Waals surface area contributed by atoms with Gasteiger partial charge in [0.15, 0.2) is 0 Å². The number of hydrogen-bond acceptors (Lipinski definition) is 2. The van der Waals surface area contributed by atoms with Crippen LogP contribution in [0.15, 0.2) is 152 Å². The van der Waals surface area contributed by atoms with Gasteiger partial charge in [-0.25, -0.2) is 0 Å². The van der Waals surface area contributed by atoms with Gasteiger partial charge in [0.1, 0.15) is 0 Å². The summed E-state index contributed by atoms with van der Waals surface area (Å²) in [6.07, 6.45) is 0. The van der Waals surface area contributed by atoms with Crippen LogP contribution >= 0.6 is 11.3 Å². The summed E-state index contributed by atoms with van der Waals surface area (Å²) in [5, 5.41) is 12.8. The van der Waals surface area contributed by atoms with Crippen molar-refractivity contribution in [2.24, 2.45) is 0 Å². The zero-order chi connectivity index (χ0) is 27.6. The molecule has 1 heterocycles. The summed E-state index contributed by atoms with van der Waals surface area (Å²) < 4.78 is 2.70. The highest BCUT2D eigenvalue weighted by atomic mass is 32.1. The standard InChI is InChI=1S/C40H25NS/c1-3-9-30-23-32(19-15-26(30)7-1)41(33-20-16-27-8-2-4-10-31(27)24-33)34-21-17-28-13-14-29-18-22-36-35-11-5-6-12-38(35)42-40(36)39(29)37(28)25-34/h1-25H. The summed E-state index contributed by atoms with van der Waals surface area (Å²) in [5.74, 6) is 0. The molecular formula is C40H25NS. The Kier molecular flexibility index (Phi) is 5.13. The van der Waals surface area contributed by atoms with Crippen LogP contribution in [-0.4, -0.2) is 0 Å². The second kappa shape index (κ2) is 9.17. The first-order valence-electron chi connectivity index (χ1n) is 14.3. The van der Waals surface area contributed by atoms with Gasteiger partial charge in [0.25, 0.3) is 0 Å². The minimum Gasteiger partial charge on any atom is -0.310 e. The molecule has 1 nitrogen and oxygen atoms in total. The van der Waals surface area contributed by atoms with Crippen molar-refractivity contribution >= 4 is 91.7 Å². The molecule has 0 saturated heterocycles. The van der Waals surface area contributed by atoms with E-state index in [0.29, 0.717) is 0 Å². The normalized spacial score (nSPS) is 11.8. The lowest BCUT2D eigenvalue weighted by Crippen LogP contribution is -2.10. The number of hydrogen-bond donors (Lipinski definition) is 0. The van der Waals surface area contributed by atoms with Crippen LogP contribution in [0.5, 0.6) is 0 Å². The molecule has 0 bridgehead atoms. The average Bonchev–Trinajstić information content (AvgIpc) is 3.43. The van der Waals surface area contributed by atoms with Crippen LogP contribution in [0, 0.1) is 0 Å². The molecule has 0 unspecified atom stereocenters. The Labute approximate surface area is 247 Å². The Balaban J connectivity index is 1.34. The van der Waals surface area contributed by atoms with E-state index in [4.69, 9.17) is 0 Å². The smallest absolute Gasteiger partial charge is 0.0468 e. The third-order valence-electron chi connectivity index (χ3n) is 8.57. The second-order valence-electron chi connectivity index (χ2n) is 11.0. The molecule has 0 amide bonds. The molecular weight excluding hydrogens is 527 g/mol. The topological polar surface area (TPSA) is 3.24 Å². The van der Waals surface area contributed by atoms with Gasteiger partial charge >= 0.3 is 0 Å². The van der Waals surface area contributed by atoms with Gasteiger partial charge < -0.3 is 4.90 Å². The highest BCUT2D eigenvalue weighted by molar-refractivity contribution is 7.26. The molecule has 0 spiro atoms. The predicted molar refractivity (Wildman–Crippen MR) is 184 cm³/mol. The summed E-state index contributed by atoms with van der Waals surface area (Å²) >= 11 is 1.90. The number of anilines is 3. The largest absolute Gasteiger partial charge is 0.310 e. The van der Waals surface area contributed by atoms with Gasteiger partial charge in [0, 0.05) is 42.6 Å². The van der Waals surface area contributed by atoms with E-state index in [2.05, 4.69) is 157 Å². The van der Waals surface area contributed by atoms with Crippen molar-refractivity contribution in [3.63, 3.8) is 0 Å². The van der Waals surface area contributed by atoms with E-state index in [9.17, 15) is 0 Å². The Morgan fingerprint density at radius 2 is 0.881 bits per heavy atom. The lowest BCUT2D eigenvalue weighted by atomic mass is 9.98. The second-order valence-corrected chi connectivity index (χ2v) is 12.1. The van der Waals surface area contributed by atoms with Crippen LogP contribution < -0.4 is 4.90 Å². The monoisotopic (exact) mass is 551 g/mol. The van der Waals surface area contributed by atoms with E-state index < -0.39 is 0 Å². The first-order chi connectivity index (χ1) is 20.8. The van der Waals surface area contributed by atoms with E-state index in [1.807, 2.05) is 11.3 Å². The summed E-state index contributed by atoms with van der Waals surface area (Å²) in [4.78, 5) is 2.40. The average molecular weight is 552 g/mol. The van der Waals surface area contributed by atoms with Crippen molar-refractivity contribution in [1.82, 2.24) is 0 Å². The SMILES string of the molecule is c1ccc2cc(N(c3ccc4ccccc4c3)c3ccc4ccc5ccc6c7ccccc7sc6c5c4c3)ccc2c1. The molecule has 0 saturated carbocycles. The van der Waals surface area contributed by atoms with Crippen LogP contribution in [0.2, 0.25) is 0 Å². The van der Waals surface area contributed by atoms with E-state index >= 15 is 0 Å². The summed E-state index contributed by atoms with van der Waals surface area (Å²) in [7, 11) is 0. The number of nitrogens with zero attached hydrogens (tertiary/aromatic N) is 1. The molecule has 0 radical (unpaired) electrons. The molecule has 1 aromatic heterocycles. The molecule has 42 heavy (non-hydrogen) atoms. The highest BCUT2D eigenvalue weighted by Gasteiger charge is 2.17. The van der Waals surface area contributed by atoms with E-state index in [1.54, 1.807) is 0 Å². The molecule has 0 N–H and O–H groups in total. The van der Waals surface area contributed by atoms with Crippen LogP contribution in [0.25, 0.3) is 63.3 Å². The lowest BCUT2D eigenvalue weighted by molar-refractivity contribution is 1.30. The molecule has 196 valence electrons. The Bertz CT molecular complexity index is 2410. The molecule has 0 aliphatic carbocycles. The molecule has 0 atom stereocenters. The fourth-order valence-electron chi connectivity index (χ4n) is 6.52. The Morgan fingerprint density at radius 3 is 1.60 bits per heavy atom. The minimum atomic E-state index is 1.15. The molecule has 0 fully saturated rings. The zero-order valence-corrected chi connectivity index (χ0v) is 23.6. The maximum absolute atomic E-state index is 2.40. The molecule has 0 aliphatic rings. The van der Waals surface area contributed by atoms with Crippen molar-refractivity contribution in [3.05, 3.63) is 152 Å². The fraction of sp³-hybridized carbons (Fsp3) is 0. The number of thiophene rings is 1.